The van der Waals surface area contributed by atoms with Crippen LogP contribution in [-0.2, 0) is 13.5 Å². The van der Waals surface area contributed by atoms with Crippen LogP contribution in [0.25, 0.3) is 11.3 Å². The molecule has 2 aromatic heterocycles. The lowest BCUT2D eigenvalue weighted by molar-refractivity contribution is 0.516. The fourth-order valence-electron chi connectivity index (χ4n) is 1.51. The first kappa shape index (κ1) is 9.76. The summed E-state index contributed by atoms with van der Waals surface area (Å²) in [7, 11) is 1.60. The summed E-state index contributed by atoms with van der Waals surface area (Å²) in [6, 6.07) is 1.70. The number of nitrogen functional groups attached to an aromatic ring is 1. The average Bonchev–Trinajstić information content (AvgIpc) is 2.78. The van der Waals surface area contributed by atoms with E-state index in [2.05, 4.69) is 5.10 Å². The number of aromatic nitrogens is 2. The van der Waals surface area contributed by atoms with Crippen molar-refractivity contribution in [3.8, 4) is 11.3 Å². The second-order valence-corrected chi connectivity index (χ2v) is 3.28. The predicted octanol–water partition coefficient (Wildman–Crippen LogP) is 1.96. The lowest BCUT2D eigenvalue weighted by atomic mass is 10.1. The van der Waals surface area contributed by atoms with Gasteiger partial charge in [-0.25, -0.2) is 9.07 Å². The van der Waals surface area contributed by atoms with Gasteiger partial charge in [0.25, 0.3) is 0 Å². The largest absolute Gasteiger partial charge is 0.469 e. The van der Waals surface area contributed by atoms with Crippen molar-refractivity contribution < 1.29 is 8.81 Å². The van der Waals surface area contributed by atoms with E-state index in [0.29, 0.717) is 17.7 Å². The lowest BCUT2D eigenvalue weighted by Crippen LogP contribution is -1.97. The number of nitrogens with two attached hydrogens (primary N) is 1. The molecule has 0 atom stereocenters. The third-order valence-electron chi connectivity index (χ3n) is 2.35. The predicted molar refractivity (Wildman–Crippen MR) is 54.7 cm³/mol. The minimum absolute atomic E-state index is 0.0354. The third kappa shape index (κ3) is 1.40. The molecule has 4 nitrogen and oxygen atoms in total. The van der Waals surface area contributed by atoms with Crippen molar-refractivity contribution in [1.29, 1.82) is 0 Å². The average molecular weight is 209 g/mol. The van der Waals surface area contributed by atoms with Crippen LogP contribution >= 0.6 is 0 Å². The van der Waals surface area contributed by atoms with Crippen LogP contribution in [-0.4, -0.2) is 9.78 Å². The summed E-state index contributed by atoms with van der Waals surface area (Å²) < 4.78 is 20.2. The van der Waals surface area contributed by atoms with Crippen molar-refractivity contribution in [2.75, 3.05) is 5.73 Å². The molecule has 0 radical (unpaired) electrons. The summed E-state index contributed by atoms with van der Waals surface area (Å²) in [6.07, 6.45) is 2.22. The van der Waals surface area contributed by atoms with Crippen molar-refractivity contribution >= 4 is 5.82 Å². The van der Waals surface area contributed by atoms with E-state index in [-0.39, 0.29) is 11.5 Å². The standard InChI is InChI=1S/C10H12FN3O/c1-3-7-6(4-5-15-7)9-8(11)10(12)14(2)13-9/h4-5H,3,12H2,1-2H3. The van der Waals surface area contributed by atoms with Crippen LogP contribution in [0.2, 0.25) is 0 Å². The van der Waals surface area contributed by atoms with E-state index in [4.69, 9.17) is 10.2 Å². The van der Waals surface area contributed by atoms with Gasteiger partial charge in [0.15, 0.2) is 11.6 Å². The summed E-state index contributed by atoms with van der Waals surface area (Å²) >= 11 is 0. The molecule has 0 spiro atoms. The Hall–Kier alpha value is -1.78. The van der Waals surface area contributed by atoms with Crippen LogP contribution in [0.5, 0.6) is 0 Å². The number of hydrogen-bond acceptors (Lipinski definition) is 3. The maximum atomic E-state index is 13.7. The molecule has 0 saturated heterocycles. The van der Waals surface area contributed by atoms with Crippen LogP contribution < -0.4 is 5.73 Å². The maximum absolute atomic E-state index is 13.7. The molecule has 2 aromatic rings. The Morgan fingerprint density at radius 1 is 1.60 bits per heavy atom. The third-order valence-corrected chi connectivity index (χ3v) is 2.35. The SMILES string of the molecule is CCc1occc1-c1nn(C)c(N)c1F. The Morgan fingerprint density at radius 3 is 2.87 bits per heavy atom. The van der Waals surface area contributed by atoms with E-state index in [1.807, 2.05) is 6.92 Å². The van der Waals surface area contributed by atoms with Gasteiger partial charge in [0.1, 0.15) is 11.5 Å². The first-order chi connectivity index (χ1) is 7.15. The van der Waals surface area contributed by atoms with Crippen LogP contribution in [0.1, 0.15) is 12.7 Å². The number of nitrogens with zero attached hydrogens (tertiary/aromatic N) is 2. The van der Waals surface area contributed by atoms with Gasteiger partial charge in [-0.3, -0.25) is 0 Å². The van der Waals surface area contributed by atoms with Gasteiger partial charge in [0.2, 0.25) is 0 Å². The van der Waals surface area contributed by atoms with E-state index in [1.165, 1.54) is 10.9 Å². The van der Waals surface area contributed by atoms with Gasteiger partial charge < -0.3 is 10.2 Å². The molecule has 0 aromatic carbocycles. The molecule has 15 heavy (non-hydrogen) atoms. The molecule has 0 aliphatic rings. The van der Waals surface area contributed by atoms with Crippen LogP contribution in [0.3, 0.4) is 0 Å². The fraction of sp³-hybridized carbons (Fsp3) is 0.300. The van der Waals surface area contributed by atoms with Gasteiger partial charge in [-0.1, -0.05) is 6.92 Å². The first-order valence-electron chi connectivity index (χ1n) is 4.69. The van der Waals surface area contributed by atoms with Crippen molar-refractivity contribution in [2.45, 2.75) is 13.3 Å². The van der Waals surface area contributed by atoms with Gasteiger partial charge in [-0.05, 0) is 6.07 Å². The Morgan fingerprint density at radius 2 is 2.33 bits per heavy atom. The van der Waals surface area contributed by atoms with E-state index in [9.17, 15) is 4.39 Å². The monoisotopic (exact) mass is 209 g/mol. The first-order valence-corrected chi connectivity index (χ1v) is 4.69. The second-order valence-electron chi connectivity index (χ2n) is 3.28. The zero-order valence-electron chi connectivity index (χ0n) is 8.62. The highest BCUT2D eigenvalue weighted by Gasteiger charge is 2.18. The number of halogens is 1. The fourth-order valence-corrected chi connectivity index (χ4v) is 1.51. The molecule has 0 amide bonds. The highest BCUT2D eigenvalue weighted by Crippen LogP contribution is 2.28. The molecule has 0 bridgehead atoms. The molecule has 2 rings (SSSR count). The Kier molecular flexibility index (Phi) is 2.22. The molecule has 0 saturated carbocycles. The second kappa shape index (κ2) is 3.42. The molecule has 0 unspecified atom stereocenters. The molecular formula is C10H12FN3O. The molecular weight excluding hydrogens is 197 g/mol. The Balaban J connectivity index is 2.59. The number of anilines is 1. The summed E-state index contributed by atoms with van der Waals surface area (Å²) in [5, 5.41) is 4.02. The molecule has 80 valence electrons. The zero-order valence-corrected chi connectivity index (χ0v) is 8.62. The summed E-state index contributed by atoms with van der Waals surface area (Å²) in [5.74, 6) is 0.258. The van der Waals surface area contributed by atoms with Gasteiger partial charge in [-0.15, -0.1) is 0 Å². The quantitative estimate of drug-likeness (QED) is 0.822. The van der Waals surface area contributed by atoms with Crippen LogP contribution in [0, 0.1) is 5.82 Å². The van der Waals surface area contributed by atoms with Gasteiger partial charge in [0, 0.05) is 19.0 Å². The molecule has 0 fully saturated rings. The molecule has 5 heteroatoms. The number of aryl methyl sites for hydroxylation is 2. The summed E-state index contributed by atoms with van der Waals surface area (Å²) in [5.41, 5.74) is 6.41. The number of rotatable bonds is 2. The Bertz CT molecular complexity index is 487. The summed E-state index contributed by atoms with van der Waals surface area (Å²) in [6.45, 7) is 1.94. The van der Waals surface area contributed by atoms with Crippen molar-refractivity contribution in [2.24, 2.45) is 7.05 Å². The van der Waals surface area contributed by atoms with Crippen molar-refractivity contribution in [3.63, 3.8) is 0 Å². The highest BCUT2D eigenvalue weighted by molar-refractivity contribution is 5.65. The maximum Gasteiger partial charge on any atom is 0.192 e. The minimum atomic E-state index is -0.492. The van der Waals surface area contributed by atoms with Crippen LogP contribution in [0.4, 0.5) is 10.2 Å². The highest BCUT2D eigenvalue weighted by atomic mass is 19.1. The van der Waals surface area contributed by atoms with E-state index >= 15 is 0 Å². The van der Waals surface area contributed by atoms with Gasteiger partial charge in [0.05, 0.1) is 6.26 Å². The lowest BCUT2D eigenvalue weighted by Gasteiger charge is -1.95. The number of hydrogen-bond donors (Lipinski definition) is 1. The van der Waals surface area contributed by atoms with Gasteiger partial charge in [-0.2, -0.15) is 5.10 Å². The molecule has 2 N–H and O–H groups in total. The summed E-state index contributed by atoms with van der Waals surface area (Å²) in [4.78, 5) is 0. The van der Waals surface area contributed by atoms with Gasteiger partial charge >= 0.3 is 0 Å². The van der Waals surface area contributed by atoms with Crippen molar-refractivity contribution in [1.82, 2.24) is 9.78 Å². The van der Waals surface area contributed by atoms with E-state index < -0.39 is 5.82 Å². The van der Waals surface area contributed by atoms with Crippen LogP contribution in [0.15, 0.2) is 16.7 Å². The normalized spacial score (nSPS) is 10.9. The molecule has 2 heterocycles. The molecule has 0 aliphatic heterocycles. The topological polar surface area (TPSA) is 57.0 Å². The smallest absolute Gasteiger partial charge is 0.192 e. The zero-order chi connectivity index (χ0) is 11.0. The van der Waals surface area contributed by atoms with E-state index in [1.54, 1.807) is 13.1 Å². The van der Waals surface area contributed by atoms with Crippen molar-refractivity contribution in [3.05, 3.63) is 23.9 Å². The minimum Gasteiger partial charge on any atom is -0.469 e. The molecule has 0 aliphatic carbocycles. The van der Waals surface area contributed by atoms with E-state index in [0.717, 1.165) is 0 Å². The number of furan rings is 1. The Labute approximate surface area is 86.5 Å².